The van der Waals surface area contributed by atoms with Crippen molar-refractivity contribution in [3.63, 3.8) is 0 Å². The van der Waals surface area contributed by atoms with Gasteiger partial charge in [-0.1, -0.05) is 6.07 Å². The highest BCUT2D eigenvalue weighted by molar-refractivity contribution is 5.67. The lowest BCUT2D eigenvalue weighted by Gasteiger charge is -2.08. The van der Waals surface area contributed by atoms with E-state index in [2.05, 4.69) is 31.5 Å². The zero-order valence-corrected chi connectivity index (χ0v) is 12.5. The summed E-state index contributed by atoms with van der Waals surface area (Å²) in [6, 6.07) is 7.98. The molecular weight excluding hydrogens is 274 g/mol. The second-order valence-electron chi connectivity index (χ2n) is 5.07. The van der Waals surface area contributed by atoms with E-state index in [0.717, 1.165) is 33.8 Å². The summed E-state index contributed by atoms with van der Waals surface area (Å²) in [7, 11) is 0. The molecule has 110 valence electrons. The predicted octanol–water partition coefficient (Wildman–Crippen LogP) is 3.65. The number of nitrogens with zero attached hydrogens (tertiary/aromatic N) is 3. The first-order valence-electron chi connectivity index (χ1n) is 7.04. The lowest BCUT2D eigenvalue weighted by Crippen LogP contribution is -1.97. The van der Waals surface area contributed by atoms with Crippen LogP contribution in [-0.4, -0.2) is 20.2 Å². The fraction of sp³-hybridized carbons (Fsp3) is 0.118. The highest BCUT2D eigenvalue weighted by atomic mass is 15.1. The first-order valence-corrected chi connectivity index (χ1v) is 7.04. The van der Waals surface area contributed by atoms with Crippen LogP contribution in [0.4, 0.5) is 5.82 Å². The average molecular weight is 291 g/mol. The molecule has 0 aliphatic heterocycles. The van der Waals surface area contributed by atoms with Crippen molar-refractivity contribution >= 4 is 11.4 Å². The summed E-state index contributed by atoms with van der Waals surface area (Å²) >= 11 is 0. The van der Waals surface area contributed by atoms with Crippen LogP contribution in [0.5, 0.6) is 0 Å². The first kappa shape index (κ1) is 14.0. The summed E-state index contributed by atoms with van der Waals surface area (Å²) in [6.07, 6.45) is 9.12. The third-order valence-electron chi connectivity index (χ3n) is 3.42. The molecule has 3 aromatic rings. The minimum Gasteiger partial charge on any atom is -0.346 e. The topological polar surface area (TPSA) is 66.5 Å². The van der Waals surface area contributed by atoms with E-state index in [1.54, 1.807) is 12.4 Å². The number of aromatic amines is 1. The molecule has 0 unspecified atom stereocenters. The van der Waals surface area contributed by atoms with Crippen molar-refractivity contribution in [3.8, 4) is 11.1 Å². The second kappa shape index (κ2) is 6.22. The highest BCUT2D eigenvalue weighted by Crippen LogP contribution is 2.22. The Kier molecular flexibility index (Phi) is 3.96. The molecule has 2 N–H and O–H groups in total. The molecule has 5 nitrogen and oxygen atoms in total. The number of H-pyrrole nitrogens is 1. The van der Waals surface area contributed by atoms with Gasteiger partial charge in [0.05, 0.1) is 5.69 Å². The largest absolute Gasteiger partial charge is 0.346 e. The summed E-state index contributed by atoms with van der Waals surface area (Å²) in [4.78, 5) is 8.64. The Labute approximate surface area is 129 Å². The van der Waals surface area contributed by atoms with Gasteiger partial charge in [-0.25, -0.2) is 4.98 Å². The molecule has 0 aliphatic carbocycles. The molecule has 0 fully saturated rings. The third-order valence-corrected chi connectivity index (χ3v) is 3.42. The maximum Gasteiger partial charge on any atom is 0.132 e. The molecule has 0 aliphatic rings. The smallest absolute Gasteiger partial charge is 0.132 e. The Hall–Kier alpha value is -2.95. The van der Waals surface area contributed by atoms with Crippen LogP contribution in [-0.2, 0) is 0 Å². The third kappa shape index (κ3) is 3.03. The molecule has 0 aromatic carbocycles. The summed E-state index contributed by atoms with van der Waals surface area (Å²) < 4.78 is 0. The van der Waals surface area contributed by atoms with E-state index in [0.29, 0.717) is 0 Å². The van der Waals surface area contributed by atoms with Crippen LogP contribution in [0, 0.1) is 6.92 Å². The van der Waals surface area contributed by atoms with Crippen LogP contribution in [0.25, 0.3) is 16.7 Å². The zero-order valence-electron chi connectivity index (χ0n) is 12.5. The van der Waals surface area contributed by atoms with Crippen LogP contribution >= 0.6 is 0 Å². The van der Waals surface area contributed by atoms with Gasteiger partial charge in [-0.05, 0) is 43.2 Å². The van der Waals surface area contributed by atoms with Crippen LogP contribution in [0.1, 0.15) is 18.2 Å². The van der Waals surface area contributed by atoms with Gasteiger partial charge in [0.15, 0.2) is 0 Å². The lowest BCUT2D eigenvalue weighted by molar-refractivity contribution is 1.07. The SMILES string of the molecule is C/C(=C\Nc1ncc(-c2cccnc2)cc1C)c1ccn[nH]1. The van der Waals surface area contributed by atoms with Gasteiger partial charge in [-0.15, -0.1) is 0 Å². The summed E-state index contributed by atoms with van der Waals surface area (Å²) in [6.45, 7) is 4.05. The standard InChI is InChI=1S/C17H17N5/c1-12-8-15(14-4-3-6-18-10-14)11-20-17(12)19-9-13(2)16-5-7-21-22-16/h3-11H,1-2H3,(H,19,20)(H,21,22)/b13-9+. The molecule has 0 atom stereocenters. The minimum absolute atomic E-state index is 0.839. The Balaban J connectivity index is 1.80. The molecule has 22 heavy (non-hydrogen) atoms. The van der Waals surface area contributed by atoms with E-state index in [4.69, 9.17) is 0 Å². The Morgan fingerprint density at radius 3 is 2.77 bits per heavy atom. The number of aromatic nitrogens is 4. The molecule has 0 saturated heterocycles. The summed E-state index contributed by atoms with van der Waals surface area (Å²) in [5, 5.41) is 10.1. The molecule has 0 bridgehead atoms. The number of aryl methyl sites for hydroxylation is 1. The number of rotatable bonds is 4. The molecule has 3 heterocycles. The van der Waals surface area contributed by atoms with Crippen molar-refractivity contribution in [2.75, 3.05) is 5.32 Å². The molecule has 5 heteroatoms. The van der Waals surface area contributed by atoms with E-state index in [1.165, 1.54) is 0 Å². The molecular formula is C17H17N5. The van der Waals surface area contributed by atoms with Gasteiger partial charge < -0.3 is 5.32 Å². The van der Waals surface area contributed by atoms with Crippen molar-refractivity contribution in [3.05, 3.63) is 66.5 Å². The van der Waals surface area contributed by atoms with Crippen molar-refractivity contribution in [1.82, 2.24) is 20.2 Å². The van der Waals surface area contributed by atoms with Gasteiger partial charge in [0.1, 0.15) is 5.82 Å². The first-order chi connectivity index (χ1) is 10.7. The fourth-order valence-electron chi connectivity index (χ4n) is 2.15. The van der Waals surface area contributed by atoms with Crippen LogP contribution < -0.4 is 5.32 Å². The van der Waals surface area contributed by atoms with Crippen LogP contribution in [0.2, 0.25) is 0 Å². The van der Waals surface area contributed by atoms with Crippen molar-refractivity contribution in [1.29, 1.82) is 0 Å². The normalized spacial score (nSPS) is 11.5. The quantitative estimate of drug-likeness (QED) is 0.770. The van der Waals surface area contributed by atoms with Gasteiger partial charge >= 0.3 is 0 Å². The predicted molar refractivity (Wildman–Crippen MR) is 88.1 cm³/mol. The maximum absolute atomic E-state index is 4.50. The molecule has 0 amide bonds. The molecule has 0 saturated carbocycles. The van der Waals surface area contributed by atoms with Crippen LogP contribution in [0.3, 0.4) is 0 Å². The van der Waals surface area contributed by atoms with Gasteiger partial charge in [0.2, 0.25) is 0 Å². The van der Waals surface area contributed by atoms with Gasteiger partial charge in [0, 0.05) is 42.1 Å². The second-order valence-corrected chi connectivity index (χ2v) is 5.07. The number of allylic oxidation sites excluding steroid dienone is 1. The number of hydrogen-bond donors (Lipinski definition) is 2. The number of anilines is 1. The minimum atomic E-state index is 0.839. The number of hydrogen-bond acceptors (Lipinski definition) is 4. The monoisotopic (exact) mass is 291 g/mol. The number of pyridine rings is 2. The van der Waals surface area contributed by atoms with Gasteiger partial charge in [-0.3, -0.25) is 10.1 Å². The molecule has 0 spiro atoms. The average Bonchev–Trinajstić information content (AvgIpc) is 3.09. The maximum atomic E-state index is 4.50. The van der Waals surface area contributed by atoms with Crippen molar-refractivity contribution in [2.24, 2.45) is 0 Å². The Bertz CT molecular complexity index is 776. The van der Waals surface area contributed by atoms with E-state index >= 15 is 0 Å². The lowest BCUT2D eigenvalue weighted by atomic mass is 10.1. The van der Waals surface area contributed by atoms with Crippen LogP contribution in [0.15, 0.2) is 55.3 Å². The van der Waals surface area contributed by atoms with Gasteiger partial charge in [0.25, 0.3) is 0 Å². The summed E-state index contributed by atoms with van der Waals surface area (Å²) in [5.41, 5.74) is 5.25. The van der Waals surface area contributed by atoms with E-state index in [-0.39, 0.29) is 0 Å². The number of nitrogens with one attached hydrogen (secondary N) is 2. The summed E-state index contributed by atoms with van der Waals surface area (Å²) in [5.74, 6) is 0.839. The molecule has 3 aromatic heterocycles. The molecule has 0 radical (unpaired) electrons. The van der Waals surface area contributed by atoms with Gasteiger partial charge in [-0.2, -0.15) is 5.10 Å². The van der Waals surface area contributed by atoms with E-state index in [1.807, 2.05) is 50.6 Å². The van der Waals surface area contributed by atoms with E-state index in [9.17, 15) is 0 Å². The van der Waals surface area contributed by atoms with Crippen molar-refractivity contribution < 1.29 is 0 Å². The molecule has 3 rings (SSSR count). The fourth-order valence-corrected chi connectivity index (χ4v) is 2.15. The Morgan fingerprint density at radius 1 is 1.18 bits per heavy atom. The zero-order chi connectivity index (χ0) is 15.4. The Morgan fingerprint density at radius 2 is 2.09 bits per heavy atom. The highest BCUT2D eigenvalue weighted by Gasteiger charge is 2.03. The van der Waals surface area contributed by atoms with Crippen molar-refractivity contribution in [2.45, 2.75) is 13.8 Å². The van der Waals surface area contributed by atoms with E-state index < -0.39 is 0 Å².